The molecule has 0 radical (unpaired) electrons. The monoisotopic (exact) mass is 547 g/mol. The van der Waals surface area contributed by atoms with Crippen LogP contribution in [0.4, 0.5) is 4.39 Å². The van der Waals surface area contributed by atoms with Gasteiger partial charge in [0.25, 0.3) is 5.91 Å². The number of carbonyl (C=O) groups excluding carboxylic acids is 2. The van der Waals surface area contributed by atoms with Crippen LogP contribution in [0.1, 0.15) is 60.8 Å². The first-order valence-corrected chi connectivity index (χ1v) is 12.8. The van der Waals surface area contributed by atoms with E-state index in [1.807, 2.05) is 18.4 Å². The molecule has 37 heavy (non-hydrogen) atoms. The molecule has 0 aliphatic carbocycles. The number of halogens is 3. The summed E-state index contributed by atoms with van der Waals surface area (Å²) in [5.74, 6) is -0.748. The van der Waals surface area contributed by atoms with Crippen LogP contribution in [0.2, 0.25) is 10.0 Å². The molecule has 2 heterocycles. The average molecular weight is 548 g/mol. The standard InChI is InChI=1S/C27H28Cl2FN3O4/c1-15(2)25-24(27(36)31-14-16-3-8-21(28)22(29)11-16)32-26(17-4-6-18(30)7-5-17)33(25)10-9-20-12-19(34)13-23(35)37-20/h3-8,11,15,19-20,34H,9-10,12-14H2,1-2H3,(H,31,36)/t19-,20-/m1/s1. The van der Waals surface area contributed by atoms with Crippen LogP contribution in [-0.4, -0.2) is 38.7 Å². The summed E-state index contributed by atoms with van der Waals surface area (Å²) in [5.41, 5.74) is 2.39. The Morgan fingerprint density at radius 2 is 1.95 bits per heavy atom. The zero-order valence-electron chi connectivity index (χ0n) is 20.5. The molecule has 10 heteroatoms. The fourth-order valence-corrected chi connectivity index (χ4v) is 4.81. The largest absolute Gasteiger partial charge is 0.462 e. The van der Waals surface area contributed by atoms with Gasteiger partial charge in [0.2, 0.25) is 0 Å². The molecule has 2 N–H and O–H groups in total. The van der Waals surface area contributed by atoms with Crippen LogP contribution in [0.3, 0.4) is 0 Å². The number of hydrogen-bond acceptors (Lipinski definition) is 5. The van der Waals surface area contributed by atoms with Crippen molar-refractivity contribution in [3.05, 3.63) is 75.3 Å². The number of esters is 1. The average Bonchev–Trinajstić information content (AvgIpc) is 3.23. The van der Waals surface area contributed by atoms with Crippen molar-refractivity contribution in [1.29, 1.82) is 0 Å². The fraction of sp³-hybridized carbons (Fsp3) is 0.370. The molecule has 1 amide bonds. The fourth-order valence-electron chi connectivity index (χ4n) is 4.49. The molecule has 4 rings (SSSR count). The first-order valence-electron chi connectivity index (χ1n) is 12.1. The number of aliphatic hydroxyl groups is 1. The first-order chi connectivity index (χ1) is 17.6. The smallest absolute Gasteiger partial charge is 0.308 e. The van der Waals surface area contributed by atoms with E-state index in [0.29, 0.717) is 46.5 Å². The number of aliphatic hydroxyl groups excluding tert-OH is 1. The number of ether oxygens (including phenoxy) is 1. The molecule has 196 valence electrons. The second kappa shape index (κ2) is 11.6. The molecule has 0 bridgehead atoms. The van der Waals surface area contributed by atoms with Crippen molar-refractivity contribution < 1.29 is 23.8 Å². The number of nitrogens with one attached hydrogen (secondary N) is 1. The Bertz CT molecular complexity index is 1290. The maximum atomic E-state index is 13.6. The third kappa shape index (κ3) is 6.50. The lowest BCUT2D eigenvalue weighted by molar-refractivity contribution is -0.160. The van der Waals surface area contributed by atoms with E-state index >= 15 is 0 Å². The van der Waals surface area contributed by atoms with Crippen LogP contribution >= 0.6 is 23.2 Å². The molecule has 1 aromatic heterocycles. The van der Waals surface area contributed by atoms with Crippen LogP contribution in [0.15, 0.2) is 42.5 Å². The molecule has 2 atom stereocenters. The minimum atomic E-state index is -0.738. The summed E-state index contributed by atoms with van der Waals surface area (Å²) in [5, 5.41) is 13.7. The minimum absolute atomic E-state index is 0.0111. The number of cyclic esters (lactones) is 1. The lowest BCUT2D eigenvalue weighted by atomic mass is 10.0. The molecule has 7 nitrogen and oxygen atoms in total. The van der Waals surface area contributed by atoms with E-state index in [0.717, 1.165) is 5.56 Å². The van der Waals surface area contributed by atoms with E-state index in [1.54, 1.807) is 30.3 Å². The SMILES string of the molecule is CC(C)c1c(C(=O)NCc2ccc(Cl)c(Cl)c2)nc(-c2ccc(F)cc2)n1CC[C@@H]1C[C@@H](O)CC(=O)O1. The summed E-state index contributed by atoms with van der Waals surface area (Å²) in [6.45, 7) is 4.53. The van der Waals surface area contributed by atoms with Crippen molar-refractivity contribution >= 4 is 35.1 Å². The number of hydrogen-bond donors (Lipinski definition) is 2. The van der Waals surface area contributed by atoms with Crippen LogP contribution < -0.4 is 5.32 Å². The summed E-state index contributed by atoms with van der Waals surface area (Å²) in [6, 6.07) is 11.0. The number of aromatic nitrogens is 2. The molecule has 3 aromatic rings. The quantitative estimate of drug-likeness (QED) is 0.363. The van der Waals surface area contributed by atoms with Crippen LogP contribution in [0, 0.1) is 5.82 Å². The second-order valence-electron chi connectivity index (χ2n) is 9.41. The highest BCUT2D eigenvalue weighted by molar-refractivity contribution is 6.42. The van der Waals surface area contributed by atoms with Crippen molar-refractivity contribution in [2.24, 2.45) is 0 Å². The molecule has 1 aliphatic heterocycles. The van der Waals surface area contributed by atoms with E-state index in [1.165, 1.54) is 12.1 Å². The highest BCUT2D eigenvalue weighted by atomic mass is 35.5. The third-order valence-electron chi connectivity index (χ3n) is 6.22. The van der Waals surface area contributed by atoms with Crippen molar-refractivity contribution in [1.82, 2.24) is 14.9 Å². The number of imidazole rings is 1. The predicted molar refractivity (Wildman–Crippen MR) is 139 cm³/mol. The Morgan fingerprint density at radius 1 is 1.22 bits per heavy atom. The predicted octanol–water partition coefficient (Wildman–Crippen LogP) is 5.51. The molecular formula is C27H28Cl2FN3O4. The Hall–Kier alpha value is -2.94. The number of amides is 1. The lowest BCUT2D eigenvalue weighted by Gasteiger charge is -2.26. The van der Waals surface area contributed by atoms with Crippen molar-refractivity contribution in [3.8, 4) is 11.4 Å². The van der Waals surface area contributed by atoms with E-state index in [2.05, 4.69) is 5.32 Å². The minimum Gasteiger partial charge on any atom is -0.462 e. The normalized spacial score (nSPS) is 17.6. The second-order valence-corrected chi connectivity index (χ2v) is 10.2. The summed E-state index contributed by atoms with van der Waals surface area (Å²) >= 11 is 12.1. The summed E-state index contributed by atoms with van der Waals surface area (Å²) in [4.78, 5) is 29.8. The topological polar surface area (TPSA) is 93.5 Å². The molecule has 0 saturated carbocycles. The van der Waals surface area contributed by atoms with Gasteiger partial charge in [-0.3, -0.25) is 9.59 Å². The molecule has 1 saturated heterocycles. The van der Waals surface area contributed by atoms with Gasteiger partial charge >= 0.3 is 5.97 Å². The zero-order chi connectivity index (χ0) is 26.7. The lowest BCUT2D eigenvalue weighted by Crippen LogP contribution is -2.33. The van der Waals surface area contributed by atoms with Gasteiger partial charge in [-0.1, -0.05) is 43.1 Å². The number of rotatable bonds is 8. The van der Waals surface area contributed by atoms with Gasteiger partial charge < -0.3 is 19.7 Å². The summed E-state index contributed by atoms with van der Waals surface area (Å²) in [7, 11) is 0. The van der Waals surface area contributed by atoms with Gasteiger partial charge in [0.15, 0.2) is 0 Å². The van der Waals surface area contributed by atoms with Gasteiger partial charge in [0.1, 0.15) is 23.4 Å². The van der Waals surface area contributed by atoms with Crippen molar-refractivity contribution in [2.75, 3.05) is 0 Å². The van der Waals surface area contributed by atoms with Crippen molar-refractivity contribution in [3.63, 3.8) is 0 Å². The molecule has 0 unspecified atom stereocenters. The molecular weight excluding hydrogens is 520 g/mol. The van der Waals surface area contributed by atoms with Crippen molar-refractivity contribution in [2.45, 2.75) is 64.3 Å². The third-order valence-corrected chi connectivity index (χ3v) is 6.96. The molecule has 0 spiro atoms. The van der Waals surface area contributed by atoms with Gasteiger partial charge in [0.05, 0.1) is 28.3 Å². The number of nitrogens with zero attached hydrogens (tertiary/aromatic N) is 2. The Morgan fingerprint density at radius 3 is 2.59 bits per heavy atom. The number of benzene rings is 2. The molecule has 2 aromatic carbocycles. The Balaban J connectivity index is 1.65. The van der Waals surface area contributed by atoms with Gasteiger partial charge in [-0.2, -0.15) is 0 Å². The highest BCUT2D eigenvalue weighted by Crippen LogP contribution is 2.30. The van der Waals surface area contributed by atoms with Gasteiger partial charge in [-0.05, 0) is 47.9 Å². The summed E-state index contributed by atoms with van der Waals surface area (Å²) < 4.78 is 21.0. The van der Waals surface area contributed by atoms with E-state index in [-0.39, 0.29) is 36.3 Å². The summed E-state index contributed by atoms with van der Waals surface area (Å²) in [6.07, 6.45) is -0.426. The first kappa shape index (κ1) is 27.1. The van der Waals surface area contributed by atoms with Gasteiger partial charge in [-0.15, -0.1) is 0 Å². The number of carbonyl (C=O) groups is 2. The molecule has 1 fully saturated rings. The van der Waals surface area contributed by atoms with Gasteiger partial charge in [0, 0.05) is 31.5 Å². The Kier molecular flexibility index (Phi) is 8.52. The van der Waals surface area contributed by atoms with Crippen LogP contribution in [-0.2, 0) is 22.6 Å². The van der Waals surface area contributed by atoms with Crippen LogP contribution in [0.5, 0.6) is 0 Å². The zero-order valence-corrected chi connectivity index (χ0v) is 22.0. The Labute approximate surface area is 224 Å². The maximum Gasteiger partial charge on any atom is 0.308 e. The maximum absolute atomic E-state index is 13.6. The van der Waals surface area contributed by atoms with E-state index in [9.17, 15) is 19.1 Å². The van der Waals surface area contributed by atoms with Gasteiger partial charge in [-0.25, -0.2) is 9.37 Å². The van der Waals surface area contributed by atoms with E-state index < -0.39 is 18.2 Å². The highest BCUT2D eigenvalue weighted by Gasteiger charge is 2.29. The van der Waals surface area contributed by atoms with Crippen LogP contribution in [0.25, 0.3) is 11.4 Å². The van der Waals surface area contributed by atoms with E-state index in [4.69, 9.17) is 32.9 Å². The molecule has 1 aliphatic rings.